The van der Waals surface area contributed by atoms with Crippen molar-refractivity contribution >= 4 is 15.9 Å². The molecule has 0 radical (unpaired) electrons. The van der Waals surface area contributed by atoms with Gasteiger partial charge < -0.3 is 5.32 Å². The minimum Gasteiger partial charge on any atom is -0.310 e. The summed E-state index contributed by atoms with van der Waals surface area (Å²) in [5.41, 5.74) is 1.43. The van der Waals surface area contributed by atoms with E-state index >= 15 is 0 Å². The van der Waals surface area contributed by atoms with Crippen LogP contribution >= 0.6 is 15.9 Å². The molecule has 0 aliphatic heterocycles. The summed E-state index contributed by atoms with van der Waals surface area (Å²) >= 11 is 3.48. The van der Waals surface area contributed by atoms with Crippen LogP contribution in [0, 0.1) is 11.8 Å². The molecule has 1 aromatic rings. The number of hydrogen-bond donors (Lipinski definition) is 1. The van der Waals surface area contributed by atoms with Crippen molar-refractivity contribution in [1.82, 2.24) is 5.32 Å². The SMILES string of the molecule is CCNC(c1ccc(Br)cc1)C1CC1C. The third-order valence-electron chi connectivity index (χ3n) is 3.25. The molecule has 2 heteroatoms. The van der Waals surface area contributed by atoms with Crippen LogP contribution in [-0.2, 0) is 0 Å². The Morgan fingerprint density at radius 2 is 2.00 bits per heavy atom. The van der Waals surface area contributed by atoms with E-state index in [0.717, 1.165) is 22.9 Å². The molecule has 0 saturated heterocycles. The molecule has 0 heterocycles. The molecule has 1 aliphatic carbocycles. The molecule has 1 aromatic carbocycles. The van der Waals surface area contributed by atoms with Crippen molar-refractivity contribution in [1.29, 1.82) is 0 Å². The first-order valence-electron chi connectivity index (χ1n) is 5.71. The minimum atomic E-state index is 0.554. The molecule has 15 heavy (non-hydrogen) atoms. The lowest BCUT2D eigenvalue weighted by molar-refractivity contribution is 0.476. The normalized spacial score (nSPS) is 26.3. The molecule has 3 atom stereocenters. The molecule has 0 spiro atoms. The molecule has 3 unspecified atom stereocenters. The Morgan fingerprint density at radius 1 is 1.40 bits per heavy atom. The van der Waals surface area contributed by atoms with Gasteiger partial charge in [0, 0.05) is 10.5 Å². The number of benzene rings is 1. The summed E-state index contributed by atoms with van der Waals surface area (Å²) in [6.45, 7) is 5.57. The molecule has 1 fully saturated rings. The summed E-state index contributed by atoms with van der Waals surface area (Å²) in [6, 6.07) is 9.27. The molecule has 1 saturated carbocycles. The van der Waals surface area contributed by atoms with Crippen LogP contribution < -0.4 is 5.32 Å². The lowest BCUT2D eigenvalue weighted by Crippen LogP contribution is -2.23. The molecular formula is C13H18BrN. The summed E-state index contributed by atoms with van der Waals surface area (Å²) in [5.74, 6) is 1.73. The minimum absolute atomic E-state index is 0.554. The first kappa shape index (κ1) is 11.2. The van der Waals surface area contributed by atoms with Crippen molar-refractivity contribution in [3.63, 3.8) is 0 Å². The van der Waals surface area contributed by atoms with E-state index in [1.807, 2.05) is 0 Å². The summed E-state index contributed by atoms with van der Waals surface area (Å²) in [6.07, 6.45) is 1.37. The molecule has 1 nitrogen and oxygen atoms in total. The predicted molar refractivity (Wildman–Crippen MR) is 67.8 cm³/mol. The van der Waals surface area contributed by atoms with Gasteiger partial charge in [-0.1, -0.05) is 41.9 Å². The Balaban J connectivity index is 2.13. The van der Waals surface area contributed by atoms with E-state index in [1.165, 1.54) is 12.0 Å². The number of halogens is 1. The van der Waals surface area contributed by atoms with Crippen LogP contribution in [0.4, 0.5) is 0 Å². The number of nitrogens with one attached hydrogen (secondary N) is 1. The van der Waals surface area contributed by atoms with Crippen LogP contribution in [0.15, 0.2) is 28.7 Å². The zero-order valence-corrected chi connectivity index (χ0v) is 10.9. The maximum Gasteiger partial charge on any atom is 0.0351 e. The molecule has 0 aromatic heterocycles. The van der Waals surface area contributed by atoms with Gasteiger partial charge in [-0.2, -0.15) is 0 Å². The van der Waals surface area contributed by atoms with Crippen LogP contribution in [0.3, 0.4) is 0 Å². The fourth-order valence-electron chi connectivity index (χ4n) is 2.22. The molecular weight excluding hydrogens is 250 g/mol. The summed E-state index contributed by atoms with van der Waals surface area (Å²) in [5, 5.41) is 3.60. The fraction of sp³-hybridized carbons (Fsp3) is 0.538. The molecule has 0 amide bonds. The van der Waals surface area contributed by atoms with E-state index in [0.29, 0.717) is 6.04 Å². The molecule has 1 N–H and O–H groups in total. The van der Waals surface area contributed by atoms with Crippen molar-refractivity contribution in [2.24, 2.45) is 11.8 Å². The summed E-state index contributed by atoms with van der Waals surface area (Å²) < 4.78 is 1.16. The Bertz CT molecular complexity index is 320. The Morgan fingerprint density at radius 3 is 2.47 bits per heavy atom. The Kier molecular flexibility index (Phi) is 3.47. The zero-order valence-electron chi connectivity index (χ0n) is 9.33. The van der Waals surface area contributed by atoms with Crippen LogP contribution in [0.2, 0.25) is 0 Å². The predicted octanol–water partition coefficient (Wildman–Crippen LogP) is 3.76. The molecule has 82 valence electrons. The van der Waals surface area contributed by atoms with E-state index in [9.17, 15) is 0 Å². The summed E-state index contributed by atoms with van der Waals surface area (Å²) in [7, 11) is 0. The van der Waals surface area contributed by atoms with E-state index in [-0.39, 0.29) is 0 Å². The van der Waals surface area contributed by atoms with Gasteiger partial charge in [-0.25, -0.2) is 0 Å². The third-order valence-corrected chi connectivity index (χ3v) is 3.78. The quantitative estimate of drug-likeness (QED) is 0.876. The van der Waals surface area contributed by atoms with Gasteiger partial charge >= 0.3 is 0 Å². The second-order valence-electron chi connectivity index (χ2n) is 4.46. The standard InChI is InChI=1S/C13H18BrN/c1-3-15-13(12-8-9(12)2)10-4-6-11(14)7-5-10/h4-7,9,12-13,15H,3,8H2,1-2H3. The van der Waals surface area contributed by atoms with Crippen molar-refractivity contribution in [3.05, 3.63) is 34.3 Å². The molecule has 0 bridgehead atoms. The van der Waals surface area contributed by atoms with Gasteiger partial charge in [-0.15, -0.1) is 0 Å². The van der Waals surface area contributed by atoms with Crippen molar-refractivity contribution in [2.75, 3.05) is 6.54 Å². The highest BCUT2D eigenvalue weighted by atomic mass is 79.9. The van der Waals surface area contributed by atoms with Gasteiger partial charge in [0.05, 0.1) is 0 Å². The Hall–Kier alpha value is -0.340. The molecule has 2 rings (SSSR count). The first-order valence-corrected chi connectivity index (χ1v) is 6.50. The van der Waals surface area contributed by atoms with E-state index in [2.05, 4.69) is 59.4 Å². The second kappa shape index (κ2) is 4.67. The average molecular weight is 268 g/mol. The maximum atomic E-state index is 3.60. The highest BCUT2D eigenvalue weighted by Gasteiger charge is 2.39. The van der Waals surface area contributed by atoms with Gasteiger partial charge in [0.1, 0.15) is 0 Å². The van der Waals surface area contributed by atoms with Gasteiger partial charge in [0.15, 0.2) is 0 Å². The third kappa shape index (κ3) is 2.61. The number of hydrogen-bond acceptors (Lipinski definition) is 1. The fourth-order valence-corrected chi connectivity index (χ4v) is 2.49. The maximum absolute atomic E-state index is 3.60. The van der Waals surface area contributed by atoms with Gasteiger partial charge in [-0.3, -0.25) is 0 Å². The van der Waals surface area contributed by atoms with Crippen LogP contribution in [0.5, 0.6) is 0 Å². The second-order valence-corrected chi connectivity index (χ2v) is 5.38. The lowest BCUT2D eigenvalue weighted by atomic mass is 10.0. The highest BCUT2D eigenvalue weighted by Crippen LogP contribution is 2.46. The van der Waals surface area contributed by atoms with Crippen molar-refractivity contribution < 1.29 is 0 Å². The zero-order chi connectivity index (χ0) is 10.8. The van der Waals surface area contributed by atoms with Gasteiger partial charge in [0.2, 0.25) is 0 Å². The van der Waals surface area contributed by atoms with Crippen molar-refractivity contribution in [3.8, 4) is 0 Å². The monoisotopic (exact) mass is 267 g/mol. The van der Waals surface area contributed by atoms with Crippen LogP contribution in [-0.4, -0.2) is 6.54 Å². The highest BCUT2D eigenvalue weighted by molar-refractivity contribution is 9.10. The van der Waals surface area contributed by atoms with Crippen LogP contribution in [0.25, 0.3) is 0 Å². The van der Waals surface area contributed by atoms with Crippen LogP contribution in [0.1, 0.15) is 31.9 Å². The number of rotatable bonds is 4. The lowest BCUT2D eigenvalue weighted by Gasteiger charge is -2.18. The van der Waals surface area contributed by atoms with Gasteiger partial charge in [-0.05, 0) is 42.5 Å². The van der Waals surface area contributed by atoms with E-state index < -0.39 is 0 Å². The Labute approximate surface area is 100 Å². The summed E-state index contributed by atoms with van der Waals surface area (Å²) in [4.78, 5) is 0. The first-order chi connectivity index (χ1) is 7.22. The van der Waals surface area contributed by atoms with Crippen molar-refractivity contribution in [2.45, 2.75) is 26.3 Å². The average Bonchev–Trinajstić information content (AvgIpc) is 2.93. The topological polar surface area (TPSA) is 12.0 Å². The van der Waals surface area contributed by atoms with E-state index in [4.69, 9.17) is 0 Å². The van der Waals surface area contributed by atoms with Gasteiger partial charge in [0.25, 0.3) is 0 Å². The smallest absolute Gasteiger partial charge is 0.0351 e. The largest absolute Gasteiger partial charge is 0.310 e. The molecule has 1 aliphatic rings. The van der Waals surface area contributed by atoms with E-state index in [1.54, 1.807) is 0 Å².